The van der Waals surface area contributed by atoms with Gasteiger partial charge in [-0.2, -0.15) is 5.10 Å². The number of rotatable bonds is 9. The van der Waals surface area contributed by atoms with Gasteiger partial charge in [0.15, 0.2) is 5.69 Å². The number of aromatic carboxylic acids is 1. The predicted octanol–water partition coefficient (Wildman–Crippen LogP) is 3.44. The van der Waals surface area contributed by atoms with Gasteiger partial charge >= 0.3 is 12.1 Å². The van der Waals surface area contributed by atoms with E-state index in [1.54, 1.807) is 0 Å². The number of ether oxygens (including phenoxy) is 1. The molecule has 2 aromatic carbocycles. The Balaban J connectivity index is 1.30. The topological polar surface area (TPSA) is 123 Å². The SMILES string of the molecule is CCC(CC(=O)NCc1cnn(C)c1C(=O)O)NC(=O)OCC1c2ccccc2-c2ccccc21. The van der Waals surface area contributed by atoms with E-state index in [4.69, 9.17) is 4.74 Å². The highest BCUT2D eigenvalue weighted by Crippen LogP contribution is 2.44. The van der Waals surface area contributed by atoms with Crippen LogP contribution in [-0.2, 0) is 23.1 Å². The van der Waals surface area contributed by atoms with Crippen LogP contribution in [0.4, 0.5) is 4.79 Å². The summed E-state index contributed by atoms with van der Waals surface area (Å²) in [5, 5.41) is 18.7. The van der Waals surface area contributed by atoms with Crippen LogP contribution in [0.3, 0.4) is 0 Å². The third kappa shape index (κ3) is 5.18. The van der Waals surface area contributed by atoms with E-state index in [0.717, 1.165) is 22.3 Å². The van der Waals surface area contributed by atoms with Crippen LogP contribution in [-0.4, -0.2) is 45.5 Å². The molecule has 1 aromatic heterocycles. The molecule has 3 N–H and O–H groups in total. The number of alkyl carbamates (subject to hydrolysis) is 1. The number of fused-ring (bicyclic) bond motifs is 3. The molecule has 0 spiro atoms. The van der Waals surface area contributed by atoms with Gasteiger partial charge in [-0.25, -0.2) is 9.59 Å². The van der Waals surface area contributed by atoms with E-state index in [1.165, 1.54) is 17.9 Å². The van der Waals surface area contributed by atoms with E-state index in [0.29, 0.717) is 12.0 Å². The Morgan fingerprint density at radius 2 is 1.71 bits per heavy atom. The minimum Gasteiger partial charge on any atom is -0.477 e. The zero-order chi connectivity index (χ0) is 24.9. The molecule has 182 valence electrons. The summed E-state index contributed by atoms with van der Waals surface area (Å²) in [6.45, 7) is 2.10. The van der Waals surface area contributed by atoms with Gasteiger partial charge in [0.05, 0.1) is 6.20 Å². The van der Waals surface area contributed by atoms with Crippen molar-refractivity contribution in [2.24, 2.45) is 7.05 Å². The summed E-state index contributed by atoms with van der Waals surface area (Å²) in [6, 6.07) is 15.8. The zero-order valence-corrected chi connectivity index (χ0v) is 19.7. The molecular weight excluding hydrogens is 448 g/mol. The third-order valence-corrected chi connectivity index (χ3v) is 6.28. The number of hydrogen-bond acceptors (Lipinski definition) is 5. The number of aromatic nitrogens is 2. The molecule has 9 nitrogen and oxygen atoms in total. The number of carbonyl (C=O) groups excluding carboxylic acids is 2. The molecule has 4 rings (SSSR count). The first-order valence-corrected chi connectivity index (χ1v) is 11.5. The van der Waals surface area contributed by atoms with Gasteiger partial charge in [0.2, 0.25) is 5.91 Å². The van der Waals surface area contributed by atoms with Crippen molar-refractivity contribution < 1.29 is 24.2 Å². The lowest BCUT2D eigenvalue weighted by Crippen LogP contribution is -2.39. The maximum atomic E-state index is 12.5. The molecule has 0 saturated heterocycles. The first-order chi connectivity index (χ1) is 16.9. The van der Waals surface area contributed by atoms with Gasteiger partial charge in [0.1, 0.15) is 6.61 Å². The minimum absolute atomic E-state index is 0.0223. The fraction of sp³-hybridized carbons (Fsp3) is 0.308. The van der Waals surface area contributed by atoms with E-state index in [9.17, 15) is 19.5 Å². The molecule has 3 aromatic rings. The maximum Gasteiger partial charge on any atom is 0.407 e. The van der Waals surface area contributed by atoms with Gasteiger partial charge in [-0.1, -0.05) is 55.5 Å². The fourth-order valence-electron chi connectivity index (χ4n) is 4.48. The van der Waals surface area contributed by atoms with Gasteiger partial charge in [0.25, 0.3) is 0 Å². The van der Waals surface area contributed by atoms with Gasteiger partial charge in [-0.05, 0) is 28.7 Å². The summed E-state index contributed by atoms with van der Waals surface area (Å²) in [6.07, 6.45) is 1.41. The molecule has 0 saturated carbocycles. The summed E-state index contributed by atoms with van der Waals surface area (Å²) < 4.78 is 6.82. The van der Waals surface area contributed by atoms with Crippen LogP contribution in [0.2, 0.25) is 0 Å². The van der Waals surface area contributed by atoms with Crippen molar-refractivity contribution in [2.75, 3.05) is 6.61 Å². The Kier molecular flexibility index (Phi) is 7.14. The van der Waals surface area contributed by atoms with Crippen molar-refractivity contribution in [3.8, 4) is 11.1 Å². The summed E-state index contributed by atoms with van der Waals surface area (Å²) in [5.74, 6) is -1.46. The van der Waals surface area contributed by atoms with Gasteiger partial charge in [-0.3, -0.25) is 9.48 Å². The highest BCUT2D eigenvalue weighted by Gasteiger charge is 2.29. The molecule has 1 aliphatic carbocycles. The first kappa shape index (κ1) is 24.0. The largest absolute Gasteiger partial charge is 0.477 e. The summed E-state index contributed by atoms with van der Waals surface area (Å²) in [5.41, 5.74) is 4.99. The quantitative estimate of drug-likeness (QED) is 0.435. The van der Waals surface area contributed by atoms with Crippen LogP contribution in [0.15, 0.2) is 54.7 Å². The maximum absolute atomic E-state index is 12.5. The Hall–Kier alpha value is -4.14. The van der Waals surface area contributed by atoms with Crippen LogP contribution >= 0.6 is 0 Å². The number of carbonyl (C=O) groups is 3. The van der Waals surface area contributed by atoms with Gasteiger partial charge in [-0.15, -0.1) is 0 Å². The number of benzene rings is 2. The monoisotopic (exact) mass is 476 g/mol. The number of nitrogens with zero attached hydrogens (tertiary/aromatic N) is 2. The Morgan fingerprint density at radius 1 is 1.09 bits per heavy atom. The third-order valence-electron chi connectivity index (χ3n) is 6.28. The molecule has 1 aliphatic rings. The molecule has 9 heteroatoms. The van der Waals surface area contributed by atoms with Crippen molar-refractivity contribution in [2.45, 2.75) is 38.3 Å². The summed E-state index contributed by atoms with van der Waals surface area (Å²) in [7, 11) is 1.53. The molecular formula is C26H28N4O5. The molecule has 0 radical (unpaired) electrons. The average molecular weight is 477 g/mol. The van der Waals surface area contributed by atoms with Crippen LogP contribution in [0.1, 0.15) is 52.9 Å². The predicted molar refractivity (Wildman–Crippen MR) is 129 cm³/mol. The molecule has 0 fully saturated rings. The number of hydrogen-bond donors (Lipinski definition) is 3. The van der Waals surface area contributed by atoms with Crippen molar-refractivity contribution in [3.05, 3.63) is 77.1 Å². The Morgan fingerprint density at radius 3 is 2.31 bits per heavy atom. The smallest absolute Gasteiger partial charge is 0.407 e. The standard InChI is InChI=1S/C26H28N4O5/c1-3-17(12-23(31)27-13-16-14-28-30(2)24(16)25(32)33)29-26(34)35-15-22-20-10-6-4-8-18(20)19-9-5-7-11-21(19)22/h4-11,14,17,22H,3,12-13,15H2,1-2H3,(H,27,31)(H,29,34)(H,32,33). The number of carboxylic acids is 1. The Bertz CT molecular complexity index is 1210. The fourth-order valence-corrected chi connectivity index (χ4v) is 4.48. The molecule has 0 aliphatic heterocycles. The molecule has 1 atom stereocenters. The van der Waals surface area contributed by atoms with E-state index in [1.807, 2.05) is 31.2 Å². The van der Waals surface area contributed by atoms with E-state index < -0.39 is 18.1 Å². The molecule has 0 bridgehead atoms. The number of aryl methyl sites for hydroxylation is 1. The molecule has 1 unspecified atom stereocenters. The second-order valence-electron chi connectivity index (χ2n) is 8.50. The van der Waals surface area contributed by atoms with Crippen LogP contribution in [0.5, 0.6) is 0 Å². The molecule has 2 amide bonds. The molecule has 35 heavy (non-hydrogen) atoms. The van der Waals surface area contributed by atoms with E-state index >= 15 is 0 Å². The van der Waals surface area contributed by atoms with Crippen molar-refractivity contribution in [3.63, 3.8) is 0 Å². The number of nitrogens with one attached hydrogen (secondary N) is 2. The number of carboxylic acid groups (broad SMARTS) is 1. The second kappa shape index (κ2) is 10.4. The zero-order valence-electron chi connectivity index (χ0n) is 19.7. The number of amides is 2. The normalized spacial score (nSPS) is 13.0. The summed E-state index contributed by atoms with van der Waals surface area (Å²) >= 11 is 0. The van der Waals surface area contributed by atoms with E-state index in [2.05, 4.69) is 40.0 Å². The van der Waals surface area contributed by atoms with Crippen molar-refractivity contribution in [1.29, 1.82) is 0 Å². The lowest BCUT2D eigenvalue weighted by Gasteiger charge is -2.19. The van der Waals surface area contributed by atoms with Gasteiger partial charge in [0, 0.05) is 37.5 Å². The highest BCUT2D eigenvalue weighted by atomic mass is 16.5. The van der Waals surface area contributed by atoms with Gasteiger partial charge < -0.3 is 20.5 Å². The van der Waals surface area contributed by atoms with E-state index in [-0.39, 0.29) is 37.1 Å². The second-order valence-corrected chi connectivity index (χ2v) is 8.50. The Labute approximate surface area is 203 Å². The van der Waals surface area contributed by atoms with Crippen LogP contribution < -0.4 is 10.6 Å². The highest BCUT2D eigenvalue weighted by molar-refractivity contribution is 5.87. The molecule has 1 heterocycles. The van der Waals surface area contributed by atoms with Crippen molar-refractivity contribution in [1.82, 2.24) is 20.4 Å². The minimum atomic E-state index is -1.11. The lowest BCUT2D eigenvalue weighted by molar-refractivity contribution is -0.121. The first-order valence-electron chi connectivity index (χ1n) is 11.5. The van der Waals surface area contributed by atoms with Crippen molar-refractivity contribution >= 4 is 18.0 Å². The summed E-state index contributed by atoms with van der Waals surface area (Å²) in [4.78, 5) is 36.3. The average Bonchev–Trinajstić information content (AvgIpc) is 3.38. The lowest BCUT2D eigenvalue weighted by atomic mass is 9.98. The van der Waals surface area contributed by atoms with Crippen LogP contribution in [0.25, 0.3) is 11.1 Å². The van der Waals surface area contributed by atoms with Crippen LogP contribution in [0, 0.1) is 0 Å².